The van der Waals surface area contributed by atoms with E-state index in [4.69, 9.17) is 0 Å². The van der Waals surface area contributed by atoms with Crippen LogP contribution in [-0.4, -0.2) is 4.98 Å². The van der Waals surface area contributed by atoms with Crippen LogP contribution in [0.15, 0.2) is 42.6 Å². The summed E-state index contributed by atoms with van der Waals surface area (Å²) in [4.78, 5) is 4.13. The SMILES string of the molecule is CCC(Nc1ccc(C)cc1)c1ccc(F)cn1. The van der Waals surface area contributed by atoms with E-state index in [-0.39, 0.29) is 11.9 Å². The van der Waals surface area contributed by atoms with E-state index in [0.717, 1.165) is 17.8 Å². The molecule has 1 aromatic heterocycles. The van der Waals surface area contributed by atoms with E-state index >= 15 is 0 Å². The summed E-state index contributed by atoms with van der Waals surface area (Å²) in [7, 11) is 0. The minimum atomic E-state index is -0.302. The highest BCUT2D eigenvalue weighted by molar-refractivity contribution is 5.46. The average molecular weight is 244 g/mol. The van der Waals surface area contributed by atoms with Gasteiger partial charge < -0.3 is 5.32 Å². The highest BCUT2D eigenvalue weighted by atomic mass is 19.1. The van der Waals surface area contributed by atoms with Gasteiger partial charge in [0.1, 0.15) is 5.82 Å². The Hall–Kier alpha value is -1.90. The van der Waals surface area contributed by atoms with E-state index in [0.29, 0.717) is 0 Å². The Bertz CT molecular complexity index is 491. The Kier molecular flexibility index (Phi) is 3.92. The standard InChI is InChI=1S/C15H17FN2/c1-3-14(15-9-6-12(16)10-17-15)18-13-7-4-11(2)5-8-13/h4-10,14,18H,3H2,1-2H3. The van der Waals surface area contributed by atoms with Gasteiger partial charge in [0.2, 0.25) is 0 Å². The highest BCUT2D eigenvalue weighted by Crippen LogP contribution is 2.21. The van der Waals surface area contributed by atoms with Crippen molar-refractivity contribution < 1.29 is 4.39 Å². The van der Waals surface area contributed by atoms with Crippen molar-refractivity contribution in [3.63, 3.8) is 0 Å². The van der Waals surface area contributed by atoms with Crippen molar-refractivity contribution in [2.24, 2.45) is 0 Å². The Morgan fingerprint density at radius 3 is 2.44 bits per heavy atom. The van der Waals surface area contributed by atoms with Gasteiger partial charge in [0.05, 0.1) is 17.9 Å². The number of hydrogen-bond acceptors (Lipinski definition) is 2. The molecule has 18 heavy (non-hydrogen) atoms. The van der Waals surface area contributed by atoms with Crippen LogP contribution in [0.5, 0.6) is 0 Å². The van der Waals surface area contributed by atoms with Crippen molar-refractivity contribution >= 4 is 5.69 Å². The molecular formula is C15H17FN2. The smallest absolute Gasteiger partial charge is 0.141 e. The molecule has 0 saturated heterocycles. The molecule has 1 unspecified atom stereocenters. The molecule has 1 N–H and O–H groups in total. The number of benzene rings is 1. The fourth-order valence-electron chi connectivity index (χ4n) is 1.83. The third-order valence-corrected chi connectivity index (χ3v) is 2.91. The lowest BCUT2D eigenvalue weighted by Gasteiger charge is -2.17. The first-order valence-electron chi connectivity index (χ1n) is 6.13. The van der Waals surface area contributed by atoms with Gasteiger partial charge in [0.25, 0.3) is 0 Å². The van der Waals surface area contributed by atoms with Crippen LogP contribution < -0.4 is 5.32 Å². The molecule has 0 bridgehead atoms. The maximum absolute atomic E-state index is 12.8. The molecule has 0 fully saturated rings. The van der Waals surface area contributed by atoms with Crippen LogP contribution >= 0.6 is 0 Å². The molecular weight excluding hydrogens is 227 g/mol. The number of rotatable bonds is 4. The second kappa shape index (κ2) is 5.63. The molecule has 0 spiro atoms. The van der Waals surface area contributed by atoms with Crippen molar-refractivity contribution in [2.75, 3.05) is 5.32 Å². The first kappa shape index (κ1) is 12.6. The number of anilines is 1. The fourth-order valence-corrected chi connectivity index (χ4v) is 1.83. The summed E-state index contributed by atoms with van der Waals surface area (Å²) in [6.45, 7) is 4.14. The molecule has 2 rings (SSSR count). The van der Waals surface area contributed by atoms with Crippen LogP contribution in [0.3, 0.4) is 0 Å². The summed E-state index contributed by atoms with van der Waals surface area (Å²) < 4.78 is 12.8. The quantitative estimate of drug-likeness (QED) is 0.876. The van der Waals surface area contributed by atoms with E-state index in [1.165, 1.54) is 17.8 Å². The Balaban J connectivity index is 2.14. The van der Waals surface area contributed by atoms with Crippen molar-refractivity contribution in [1.29, 1.82) is 0 Å². The number of halogens is 1. The first-order valence-corrected chi connectivity index (χ1v) is 6.13. The number of nitrogens with one attached hydrogen (secondary N) is 1. The van der Waals surface area contributed by atoms with Gasteiger partial charge in [-0.25, -0.2) is 4.39 Å². The number of nitrogens with zero attached hydrogens (tertiary/aromatic N) is 1. The number of aromatic nitrogens is 1. The lowest BCUT2D eigenvalue weighted by molar-refractivity contribution is 0.614. The third-order valence-electron chi connectivity index (χ3n) is 2.91. The Labute approximate surface area is 107 Å². The summed E-state index contributed by atoms with van der Waals surface area (Å²) in [5.41, 5.74) is 3.14. The highest BCUT2D eigenvalue weighted by Gasteiger charge is 2.10. The average Bonchev–Trinajstić information content (AvgIpc) is 2.39. The third kappa shape index (κ3) is 3.06. The van der Waals surface area contributed by atoms with Crippen LogP contribution in [0, 0.1) is 12.7 Å². The van der Waals surface area contributed by atoms with E-state index in [2.05, 4.69) is 36.3 Å². The Morgan fingerprint density at radius 1 is 1.17 bits per heavy atom. The number of pyridine rings is 1. The second-order valence-electron chi connectivity index (χ2n) is 4.37. The molecule has 2 nitrogen and oxygen atoms in total. The first-order chi connectivity index (χ1) is 8.69. The molecule has 94 valence electrons. The summed E-state index contributed by atoms with van der Waals surface area (Å²) in [6.07, 6.45) is 2.15. The number of hydrogen-bond donors (Lipinski definition) is 1. The summed E-state index contributed by atoms with van der Waals surface area (Å²) >= 11 is 0. The molecule has 1 aromatic carbocycles. The summed E-state index contributed by atoms with van der Waals surface area (Å²) in [5.74, 6) is -0.302. The van der Waals surface area contributed by atoms with Gasteiger partial charge in [-0.1, -0.05) is 24.6 Å². The van der Waals surface area contributed by atoms with E-state index < -0.39 is 0 Å². The van der Waals surface area contributed by atoms with Crippen molar-refractivity contribution in [2.45, 2.75) is 26.3 Å². The maximum Gasteiger partial charge on any atom is 0.141 e. The normalized spacial score (nSPS) is 12.2. The summed E-state index contributed by atoms with van der Waals surface area (Å²) in [6, 6.07) is 11.5. The van der Waals surface area contributed by atoms with Gasteiger partial charge in [0, 0.05) is 5.69 Å². The minimum Gasteiger partial charge on any atom is -0.377 e. The van der Waals surface area contributed by atoms with Crippen molar-refractivity contribution in [3.05, 3.63) is 59.7 Å². The lowest BCUT2D eigenvalue weighted by Crippen LogP contribution is -2.11. The zero-order valence-electron chi connectivity index (χ0n) is 10.7. The zero-order chi connectivity index (χ0) is 13.0. The number of aryl methyl sites for hydroxylation is 1. The van der Waals surface area contributed by atoms with E-state index in [9.17, 15) is 4.39 Å². The lowest BCUT2D eigenvalue weighted by atomic mass is 10.1. The molecule has 0 radical (unpaired) electrons. The van der Waals surface area contributed by atoms with Crippen LogP contribution in [0.4, 0.5) is 10.1 Å². The van der Waals surface area contributed by atoms with Gasteiger partial charge in [-0.15, -0.1) is 0 Å². The van der Waals surface area contributed by atoms with E-state index in [1.54, 1.807) is 6.07 Å². The van der Waals surface area contributed by atoms with Crippen molar-refractivity contribution in [3.8, 4) is 0 Å². The van der Waals surface area contributed by atoms with Gasteiger partial charge in [-0.3, -0.25) is 4.98 Å². The molecule has 0 aliphatic carbocycles. The molecule has 0 amide bonds. The van der Waals surface area contributed by atoms with Crippen LogP contribution in [0.2, 0.25) is 0 Å². The Morgan fingerprint density at radius 2 is 1.89 bits per heavy atom. The van der Waals surface area contributed by atoms with Gasteiger partial charge >= 0.3 is 0 Å². The van der Waals surface area contributed by atoms with Gasteiger partial charge in [-0.2, -0.15) is 0 Å². The predicted molar refractivity (Wildman–Crippen MR) is 72.0 cm³/mol. The largest absolute Gasteiger partial charge is 0.377 e. The van der Waals surface area contributed by atoms with Crippen LogP contribution in [-0.2, 0) is 0 Å². The minimum absolute atomic E-state index is 0.105. The zero-order valence-corrected chi connectivity index (χ0v) is 10.7. The van der Waals surface area contributed by atoms with Crippen LogP contribution in [0.1, 0.15) is 30.6 Å². The molecule has 0 aliphatic heterocycles. The summed E-state index contributed by atoms with van der Waals surface area (Å²) in [5, 5.41) is 3.41. The molecule has 2 aromatic rings. The maximum atomic E-state index is 12.8. The molecule has 3 heteroatoms. The van der Waals surface area contributed by atoms with Crippen LogP contribution in [0.25, 0.3) is 0 Å². The second-order valence-corrected chi connectivity index (χ2v) is 4.37. The monoisotopic (exact) mass is 244 g/mol. The fraction of sp³-hybridized carbons (Fsp3) is 0.267. The molecule has 0 saturated carbocycles. The topological polar surface area (TPSA) is 24.9 Å². The molecule has 0 aliphatic rings. The van der Waals surface area contributed by atoms with E-state index in [1.807, 2.05) is 12.1 Å². The molecule has 1 atom stereocenters. The van der Waals surface area contributed by atoms with Gasteiger partial charge in [0.15, 0.2) is 0 Å². The van der Waals surface area contributed by atoms with Gasteiger partial charge in [-0.05, 0) is 37.6 Å². The van der Waals surface area contributed by atoms with Crippen molar-refractivity contribution in [1.82, 2.24) is 4.98 Å². The molecule has 1 heterocycles. The predicted octanol–water partition coefficient (Wildman–Crippen LogP) is 4.09.